The highest BCUT2D eigenvalue weighted by Crippen LogP contribution is 2.09. The number of aliphatic imine (C=N–C) groups is 1. The lowest BCUT2D eigenvalue weighted by Gasteiger charge is -2.13. The molecule has 0 saturated carbocycles. The molecule has 1 heterocycles. The van der Waals surface area contributed by atoms with Gasteiger partial charge in [0.05, 0.1) is 0 Å². The van der Waals surface area contributed by atoms with Crippen molar-refractivity contribution in [1.82, 2.24) is 5.32 Å². The largest absolute Gasteiger partial charge is 0.347 e. The molecule has 10 heavy (non-hydrogen) atoms. The summed E-state index contributed by atoms with van der Waals surface area (Å²) in [6.07, 6.45) is 3.82. The van der Waals surface area contributed by atoms with E-state index in [4.69, 9.17) is 0 Å². The second-order valence-corrected chi connectivity index (χ2v) is 2.29. The van der Waals surface area contributed by atoms with Gasteiger partial charge in [0.1, 0.15) is 5.84 Å². The number of nitrogens with zero attached hydrogens (tertiary/aromatic N) is 1. The van der Waals surface area contributed by atoms with Crippen LogP contribution in [0.5, 0.6) is 0 Å². The molecule has 0 aromatic heterocycles. The summed E-state index contributed by atoms with van der Waals surface area (Å²) in [6.45, 7) is 8.34. The maximum absolute atomic E-state index is 4.23. The van der Waals surface area contributed by atoms with Gasteiger partial charge in [0.25, 0.3) is 0 Å². The lowest BCUT2D eigenvalue weighted by atomic mass is 10.1. The Kier molecular flexibility index (Phi) is 2.26. The molecule has 0 bridgehead atoms. The predicted octanol–water partition coefficient (Wildman–Crippen LogP) is 1.47. The van der Waals surface area contributed by atoms with Crippen molar-refractivity contribution in [3.05, 3.63) is 24.9 Å². The zero-order chi connectivity index (χ0) is 7.40. The molecule has 0 saturated heterocycles. The van der Waals surface area contributed by atoms with Crippen molar-refractivity contribution < 1.29 is 0 Å². The van der Waals surface area contributed by atoms with Crippen LogP contribution in [0.3, 0.4) is 0 Å². The molecule has 1 aliphatic heterocycles. The minimum Gasteiger partial charge on any atom is -0.347 e. The molecule has 0 radical (unpaired) electrons. The molecule has 0 aliphatic carbocycles. The quantitative estimate of drug-likeness (QED) is 0.580. The maximum atomic E-state index is 4.23. The molecule has 0 atom stereocenters. The van der Waals surface area contributed by atoms with E-state index in [0.717, 1.165) is 30.8 Å². The van der Waals surface area contributed by atoms with E-state index in [1.165, 1.54) is 0 Å². The van der Waals surface area contributed by atoms with Crippen LogP contribution in [0.15, 0.2) is 29.9 Å². The summed E-state index contributed by atoms with van der Waals surface area (Å²) in [5.74, 6) is 0.904. The van der Waals surface area contributed by atoms with Crippen molar-refractivity contribution in [3.8, 4) is 0 Å². The molecular formula is C8H12N2. The van der Waals surface area contributed by atoms with Crippen molar-refractivity contribution in [2.24, 2.45) is 4.99 Å². The highest BCUT2D eigenvalue weighted by molar-refractivity contribution is 5.98. The average molecular weight is 136 g/mol. The van der Waals surface area contributed by atoms with E-state index in [-0.39, 0.29) is 0 Å². The Balaban J connectivity index is 2.61. The van der Waals surface area contributed by atoms with Crippen LogP contribution in [0.4, 0.5) is 0 Å². The fourth-order valence-corrected chi connectivity index (χ4v) is 0.958. The Labute approximate surface area is 61.4 Å². The second kappa shape index (κ2) is 3.20. The van der Waals surface area contributed by atoms with Crippen molar-refractivity contribution in [2.45, 2.75) is 12.8 Å². The minimum atomic E-state index is 0.904. The third-order valence-electron chi connectivity index (χ3n) is 1.48. The topological polar surface area (TPSA) is 24.4 Å². The van der Waals surface area contributed by atoms with E-state index >= 15 is 0 Å². The maximum Gasteiger partial charge on any atom is 0.127 e. The number of amidine groups is 1. The van der Waals surface area contributed by atoms with Crippen LogP contribution in [-0.2, 0) is 0 Å². The van der Waals surface area contributed by atoms with Gasteiger partial charge in [0.2, 0.25) is 0 Å². The normalized spacial score (nSPS) is 18.0. The summed E-state index contributed by atoms with van der Waals surface area (Å²) < 4.78 is 0. The van der Waals surface area contributed by atoms with Gasteiger partial charge < -0.3 is 5.32 Å². The summed E-state index contributed by atoms with van der Waals surface area (Å²) in [6, 6.07) is 0. The van der Waals surface area contributed by atoms with Crippen LogP contribution in [0.1, 0.15) is 12.8 Å². The van der Waals surface area contributed by atoms with Crippen LogP contribution in [0.25, 0.3) is 0 Å². The zero-order valence-corrected chi connectivity index (χ0v) is 6.06. The average Bonchev–Trinajstić information content (AvgIpc) is 1.94. The fourth-order valence-electron chi connectivity index (χ4n) is 0.958. The standard InChI is InChI=1S/C8H12N2/c1-3-9-8-7(2)5-4-6-10-8/h3H,1-2,4-6H2,(H,9,10). The summed E-state index contributed by atoms with van der Waals surface area (Å²) >= 11 is 0. The molecule has 0 aromatic rings. The molecule has 2 nitrogen and oxygen atoms in total. The Morgan fingerprint density at radius 2 is 2.40 bits per heavy atom. The third-order valence-corrected chi connectivity index (χ3v) is 1.48. The molecule has 1 N–H and O–H groups in total. The van der Waals surface area contributed by atoms with Gasteiger partial charge in [-0.15, -0.1) is 0 Å². The van der Waals surface area contributed by atoms with E-state index in [9.17, 15) is 0 Å². The zero-order valence-electron chi connectivity index (χ0n) is 6.06. The molecule has 2 heteroatoms. The van der Waals surface area contributed by atoms with Gasteiger partial charge in [0, 0.05) is 6.54 Å². The van der Waals surface area contributed by atoms with Crippen LogP contribution < -0.4 is 5.32 Å². The van der Waals surface area contributed by atoms with E-state index in [1.54, 1.807) is 6.20 Å². The summed E-state index contributed by atoms with van der Waals surface area (Å²) in [7, 11) is 0. The Morgan fingerprint density at radius 1 is 1.60 bits per heavy atom. The highest BCUT2D eigenvalue weighted by atomic mass is 15.0. The lowest BCUT2D eigenvalue weighted by molar-refractivity contribution is 0.805. The van der Waals surface area contributed by atoms with Crippen molar-refractivity contribution in [3.63, 3.8) is 0 Å². The first-order chi connectivity index (χ1) is 4.84. The number of hydrogen-bond donors (Lipinski definition) is 1. The fraction of sp³-hybridized carbons (Fsp3) is 0.375. The van der Waals surface area contributed by atoms with E-state index in [0.29, 0.717) is 0 Å². The monoisotopic (exact) mass is 136 g/mol. The molecule has 0 fully saturated rings. The number of hydrogen-bond acceptors (Lipinski definition) is 2. The SMILES string of the molecule is C=CNC1=NCCCC1=C. The first-order valence-electron chi connectivity index (χ1n) is 3.44. The lowest BCUT2D eigenvalue weighted by Crippen LogP contribution is -2.22. The van der Waals surface area contributed by atoms with Gasteiger partial charge >= 0.3 is 0 Å². The van der Waals surface area contributed by atoms with Gasteiger partial charge in [-0.05, 0) is 24.6 Å². The van der Waals surface area contributed by atoms with Crippen LogP contribution >= 0.6 is 0 Å². The van der Waals surface area contributed by atoms with Gasteiger partial charge in [0.15, 0.2) is 0 Å². The molecule has 0 unspecified atom stereocenters. The highest BCUT2D eigenvalue weighted by Gasteiger charge is 2.06. The Hall–Kier alpha value is -1.05. The molecule has 1 rings (SSSR count). The molecule has 0 spiro atoms. The van der Waals surface area contributed by atoms with E-state index < -0.39 is 0 Å². The van der Waals surface area contributed by atoms with Crippen molar-refractivity contribution in [2.75, 3.05) is 6.54 Å². The second-order valence-electron chi connectivity index (χ2n) is 2.29. The number of nitrogens with one attached hydrogen (secondary N) is 1. The van der Waals surface area contributed by atoms with Gasteiger partial charge in [-0.2, -0.15) is 0 Å². The molecule has 54 valence electrons. The van der Waals surface area contributed by atoms with Crippen molar-refractivity contribution in [1.29, 1.82) is 0 Å². The number of rotatable bonds is 1. The third kappa shape index (κ3) is 1.47. The van der Waals surface area contributed by atoms with Crippen LogP contribution in [-0.4, -0.2) is 12.4 Å². The Bertz CT molecular complexity index is 180. The first kappa shape index (κ1) is 7.06. The minimum absolute atomic E-state index is 0.904. The van der Waals surface area contributed by atoms with Crippen LogP contribution in [0.2, 0.25) is 0 Å². The Morgan fingerprint density at radius 3 is 3.00 bits per heavy atom. The van der Waals surface area contributed by atoms with Crippen molar-refractivity contribution >= 4 is 5.84 Å². The summed E-state index contributed by atoms with van der Waals surface area (Å²) in [5.41, 5.74) is 1.09. The summed E-state index contributed by atoms with van der Waals surface area (Å²) in [4.78, 5) is 4.23. The van der Waals surface area contributed by atoms with Gasteiger partial charge in [-0.3, -0.25) is 4.99 Å². The van der Waals surface area contributed by atoms with Gasteiger partial charge in [-0.1, -0.05) is 13.2 Å². The van der Waals surface area contributed by atoms with Gasteiger partial charge in [-0.25, -0.2) is 0 Å². The molecule has 1 aliphatic rings. The molecule has 0 amide bonds. The smallest absolute Gasteiger partial charge is 0.127 e. The molecular weight excluding hydrogens is 124 g/mol. The van der Waals surface area contributed by atoms with E-state index in [1.807, 2.05) is 0 Å². The first-order valence-corrected chi connectivity index (χ1v) is 3.44. The predicted molar refractivity (Wildman–Crippen MR) is 44.0 cm³/mol. The molecule has 0 aromatic carbocycles. The van der Waals surface area contributed by atoms with Crippen LogP contribution in [0, 0.1) is 0 Å². The van der Waals surface area contributed by atoms with E-state index in [2.05, 4.69) is 23.5 Å². The summed E-state index contributed by atoms with van der Waals surface area (Å²) in [5, 5.41) is 2.95.